The molecule has 1 heterocycles. The molecule has 178 valence electrons. The van der Waals surface area contributed by atoms with Crippen LogP contribution in [-0.2, 0) is 17.8 Å². The van der Waals surface area contributed by atoms with Gasteiger partial charge >= 0.3 is 6.09 Å². The first-order chi connectivity index (χ1) is 16.6. The molecule has 0 spiro atoms. The molecular formula is C27H29ClFN3O2. The molecular weight excluding hydrogens is 453 g/mol. The molecule has 1 aliphatic rings. The lowest BCUT2D eigenvalue weighted by molar-refractivity contribution is 0.0882. The second kappa shape index (κ2) is 11.7. The predicted octanol–water partition coefficient (Wildman–Crippen LogP) is 6.35. The van der Waals surface area contributed by atoms with E-state index in [1.54, 1.807) is 17.0 Å². The highest BCUT2D eigenvalue weighted by atomic mass is 35.5. The number of rotatable bonds is 8. The molecule has 0 unspecified atom stereocenters. The van der Waals surface area contributed by atoms with Gasteiger partial charge in [0, 0.05) is 30.7 Å². The number of likely N-dealkylation sites (tertiary alicyclic amines) is 1. The van der Waals surface area contributed by atoms with E-state index in [4.69, 9.17) is 16.3 Å². The lowest BCUT2D eigenvalue weighted by atomic mass is 10.0. The van der Waals surface area contributed by atoms with Gasteiger partial charge in [-0.05, 0) is 54.7 Å². The summed E-state index contributed by atoms with van der Waals surface area (Å²) in [6.45, 7) is 2.19. The second-order valence-electron chi connectivity index (χ2n) is 8.40. The lowest BCUT2D eigenvalue weighted by Crippen LogP contribution is -2.42. The molecule has 1 amide bonds. The van der Waals surface area contributed by atoms with Crippen LogP contribution in [0.5, 0.6) is 0 Å². The third-order valence-electron chi connectivity index (χ3n) is 5.97. The summed E-state index contributed by atoms with van der Waals surface area (Å²) in [6.07, 6.45) is 1.97. The summed E-state index contributed by atoms with van der Waals surface area (Å²) >= 11 is 5.84. The van der Waals surface area contributed by atoms with Crippen molar-refractivity contribution in [3.05, 3.63) is 94.8 Å². The summed E-state index contributed by atoms with van der Waals surface area (Å²) in [4.78, 5) is 14.2. The van der Waals surface area contributed by atoms with E-state index in [9.17, 15) is 9.18 Å². The quantitative estimate of drug-likeness (QED) is 0.394. The molecule has 3 aromatic carbocycles. The zero-order valence-corrected chi connectivity index (χ0v) is 19.7. The summed E-state index contributed by atoms with van der Waals surface area (Å²) < 4.78 is 19.5. The van der Waals surface area contributed by atoms with Gasteiger partial charge in [0.15, 0.2) is 0 Å². The number of piperidine rings is 1. The van der Waals surface area contributed by atoms with Gasteiger partial charge in [0.2, 0.25) is 0 Å². The van der Waals surface area contributed by atoms with Crippen molar-refractivity contribution in [3.63, 3.8) is 0 Å². The fraction of sp³-hybridized carbons (Fsp3) is 0.296. The van der Waals surface area contributed by atoms with Crippen LogP contribution in [0.25, 0.3) is 0 Å². The van der Waals surface area contributed by atoms with Gasteiger partial charge in [0.1, 0.15) is 12.4 Å². The van der Waals surface area contributed by atoms with Gasteiger partial charge in [-0.25, -0.2) is 9.18 Å². The van der Waals surface area contributed by atoms with Crippen LogP contribution in [0.1, 0.15) is 24.0 Å². The maximum Gasteiger partial charge on any atom is 0.410 e. The van der Waals surface area contributed by atoms with Crippen molar-refractivity contribution in [2.45, 2.75) is 31.9 Å². The van der Waals surface area contributed by atoms with Crippen molar-refractivity contribution in [1.29, 1.82) is 0 Å². The summed E-state index contributed by atoms with van der Waals surface area (Å²) in [7, 11) is 0. The Hall–Kier alpha value is -3.25. The zero-order chi connectivity index (χ0) is 23.8. The Morgan fingerprint density at radius 1 is 1.00 bits per heavy atom. The van der Waals surface area contributed by atoms with Crippen molar-refractivity contribution in [2.24, 2.45) is 0 Å². The SMILES string of the molecule is O=C(OCc1ccccc1)N1CCC(Nc2ccccc2NCCc2ccc(Cl)cc2F)CC1. The average Bonchev–Trinajstić information content (AvgIpc) is 2.86. The number of anilines is 2. The van der Waals surface area contributed by atoms with Gasteiger partial charge in [0.05, 0.1) is 11.4 Å². The molecule has 3 aromatic rings. The van der Waals surface area contributed by atoms with E-state index in [2.05, 4.69) is 10.6 Å². The first kappa shape index (κ1) is 23.9. The minimum Gasteiger partial charge on any atom is -0.445 e. The number of nitrogens with zero attached hydrogens (tertiary/aromatic N) is 1. The van der Waals surface area contributed by atoms with E-state index < -0.39 is 0 Å². The van der Waals surface area contributed by atoms with Crippen LogP contribution in [0.2, 0.25) is 5.02 Å². The highest BCUT2D eigenvalue weighted by molar-refractivity contribution is 6.30. The zero-order valence-electron chi connectivity index (χ0n) is 19.0. The third-order valence-corrected chi connectivity index (χ3v) is 6.20. The van der Waals surface area contributed by atoms with Crippen molar-refractivity contribution in [3.8, 4) is 0 Å². The molecule has 34 heavy (non-hydrogen) atoms. The fourth-order valence-corrected chi connectivity index (χ4v) is 4.22. The number of nitrogens with one attached hydrogen (secondary N) is 2. The van der Waals surface area contributed by atoms with Crippen molar-refractivity contribution in [1.82, 2.24) is 4.90 Å². The molecule has 0 aromatic heterocycles. The fourth-order valence-electron chi connectivity index (χ4n) is 4.06. The molecule has 0 radical (unpaired) electrons. The van der Waals surface area contributed by atoms with E-state index in [1.165, 1.54) is 6.07 Å². The van der Waals surface area contributed by atoms with Crippen LogP contribution in [0, 0.1) is 5.82 Å². The van der Waals surface area contributed by atoms with Crippen LogP contribution in [0.15, 0.2) is 72.8 Å². The van der Waals surface area contributed by atoms with Crippen LogP contribution >= 0.6 is 11.6 Å². The number of carbonyl (C=O) groups is 1. The van der Waals surface area contributed by atoms with Crippen molar-refractivity contribution >= 4 is 29.1 Å². The van der Waals surface area contributed by atoms with Gasteiger partial charge in [-0.1, -0.05) is 60.1 Å². The smallest absolute Gasteiger partial charge is 0.410 e. The summed E-state index contributed by atoms with van der Waals surface area (Å²) in [6, 6.07) is 22.7. The number of hydrogen-bond donors (Lipinski definition) is 2. The van der Waals surface area contributed by atoms with Gasteiger partial charge in [-0.15, -0.1) is 0 Å². The summed E-state index contributed by atoms with van der Waals surface area (Å²) in [5.41, 5.74) is 3.59. The van der Waals surface area contributed by atoms with Crippen LogP contribution in [0.4, 0.5) is 20.6 Å². The number of ether oxygens (including phenoxy) is 1. The Bertz CT molecular complexity index is 1090. The first-order valence-electron chi connectivity index (χ1n) is 11.6. The van der Waals surface area contributed by atoms with E-state index >= 15 is 0 Å². The number of carbonyl (C=O) groups excluding carboxylic acids is 1. The molecule has 7 heteroatoms. The maximum atomic E-state index is 14.0. The van der Waals surface area contributed by atoms with Gasteiger partial charge < -0.3 is 20.3 Å². The largest absolute Gasteiger partial charge is 0.445 e. The van der Waals surface area contributed by atoms with Gasteiger partial charge in [-0.3, -0.25) is 0 Å². The van der Waals surface area contributed by atoms with E-state index in [0.29, 0.717) is 36.6 Å². The Morgan fingerprint density at radius 2 is 1.71 bits per heavy atom. The molecule has 1 fully saturated rings. The molecule has 0 bridgehead atoms. The molecule has 5 nitrogen and oxygen atoms in total. The normalized spacial score (nSPS) is 14.0. The molecule has 0 aliphatic carbocycles. The maximum absolute atomic E-state index is 14.0. The topological polar surface area (TPSA) is 53.6 Å². The first-order valence-corrected chi connectivity index (χ1v) is 12.0. The number of halogens is 2. The lowest BCUT2D eigenvalue weighted by Gasteiger charge is -2.32. The number of hydrogen-bond acceptors (Lipinski definition) is 4. The standard InChI is InChI=1S/C27H29ClFN3O2/c28-22-11-10-21(24(29)18-22)12-15-30-25-8-4-5-9-26(25)31-23-13-16-32(17-14-23)27(33)34-19-20-6-2-1-3-7-20/h1-11,18,23,30-31H,12-17,19H2. The second-order valence-corrected chi connectivity index (χ2v) is 8.84. The highest BCUT2D eigenvalue weighted by Crippen LogP contribution is 2.25. The molecule has 2 N–H and O–H groups in total. The Kier molecular flexibility index (Phi) is 8.26. The predicted molar refractivity (Wildman–Crippen MR) is 135 cm³/mol. The molecule has 1 saturated heterocycles. The van der Waals surface area contributed by atoms with Crippen molar-refractivity contribution < 1.29 is 13.9 Å². The van der Waals surface area contributed by atoms with E-state index in [-0.39, 0.29) is 24.6 Å². The Balaban J connectivity index is 1.24. The Morgan fingerprint density at radius 3 is 2.44 bits per heavy atom. The third kappa shape index (κ3) is 6.64. The monoisotopic (exact) mass is 481 g/mol. The van der Waals surface area contributed by atoms with Crippen LogP contribution in [-0.4, -0.2) is 36.7 Å². The minimum atomic E-state index is -0.283. The van der Waals surface area contributed by atoms with Gasteiger partial charge in [0.25, 0.3) is 0 Å². The van der Waals surface area contributed by atoms with Crippen LogP contribution < -0.4 is 10.6 Å². The minimum absolute atomic E-state index is 0.259. The molecule has 0 atom stereocenters. The van der Waals surface area contributed by atoms with Crippen molar-refractivity contribution in [2.75, 3.05) is 30.3 Å². The summed E-state index contributed by atoms with van der Waals surface area (Å²) in [5, 5.41) is 7.41. The average molecular weight is 482 g/mol. The van der Waals surface area contributed by atoms with Crippen LogP contribution in [0.3, 0.4) is 0 Å². The molecule has 0 saturated carbocycles. The molecule has 1 aliphatic heterocycles. The number of benzene rings is 3. The van der Waals surface area contributed by atoms with Gasteiger partial charge in [-0.2, -0.15) is 0 Å². The Labute approximate surface area is 204 Å². The highest BCUT2D eigenvalue weighted by Gasteiger charge is 2.24. The number of amides is 1. The van der Waals surface area contributed by atoms with E-state index in [1.807, 2.05) is 54.6 Å². The summed E-state index contributed by atoms with van der Waals surface area (Å²) in [5.74, 6) is -0.283. The van der Waals surface area contributed by atoms with E-state index in [0.717, 1.165) is 29.8 Å². The number of para-hydroxylation sites is 2. The molecule has 4 rings (SSSR count).